The minimum Gasteiger partial charge on any atom is -0.493 e. The van der Waals surface area contributed by atoms with Gasteiger partial charge in [-0.3, -0.25) is 4.90 Å². The molecule has 2 aliphatic heterocycles. The minimum absolute atomic E-state index is 0.145. The van der Waals surface area contributed by atoms with Gasteiger partial charge in [-0.15, -0.1) is 0 Å². The third kappa shape index (κ3) is 2.82. The summed E-state index contributed by atoms with van der Waals surface area (Å²) in [6.45, 7) is 2.11. The highest BCUT2D eigenvalue weighted by molar-refractivity contribution is 5.44. The normalized spacial score (nSPS) is 26.8. The molecule has 5 heteroatoms. The Morgan fingerprint density at radius 2 is 1.78 bits per heavy atom. The Labute approximate surface area is 138 Å². The van der Waals surface area contributed by atoms with E-state index < -0.39 is 5.79 Å². The second kappa shape index (κ2) is 6.67. The first kappa shape index (κ1) is 16.6. The summed E-state index contributed by atoms with van der Waals surface area (Å²) in [5.41, 5.74) is 1.16. The first-order valence-electron chi connectivity index (χ1n) is 8.23. The number of hydrogen-bond acceptors (Lipinski definition) is 5. The van der Waals surface area contributed by atoms with Crippen LogP contribution in [0.2, 0.25) is 0 Å². The number of methoxy groups -OCH3 is 4. The molecule has 1 aromatic carbocycles. The van der Waals surface area contributed by atoms with E-state index in [1.807, 2.05) is 12.1 Å². The van der Waals surface area contributed by atoms with Crippen molar-refractivity contribution < 1.29 is 18.9 Å². The van der Waals surface area contributed by atoms with Crippen LogP contribution in [0.4, 0.5) is 0 Å². The molecule has 0 aliphatic carbocycles. The third-order valence-corrected chi connectivity index (χ3v) is 5.47. The van der Waals surface area contributed by atoms with E-state index in [0.29, 0.717) is 6.04 Å². The summed E-state index contributed by atoms with van der Waals surface area (Å²) in [6.07, 6.45) is 3.39. The number of hydrogen-bond donors (Lipinski definition) is 0. The fraction of sp³-hybridized carbons (Fsp3) is 0.667. The quantitative estimate of drug-likeness (QED) is 0.780. The summed E-state index contributed by atoms with van der Waals surface area (Å²) in [5, 5.41) is 0. The molecule has 0 spiro atoms. The van der Waals surface area contributed by atoms with Crippen molar-refractivity contribution in [3.63, 3.8) is 0 Å². The number of rotatable bonds is 5. The average molecular weight is 321 g/mol. The van der Waals surface area contributed by atoms with E-state index >= 15 is 0 Å². The van der Waals surface area contributed by atoms with Crippen molar-refractivity contribution in [2.45, 2.75) is 37.0 Å². The smallest absolute Gasteiger partial charge is 0.177 e. The molecule has 0 amide bonds. The molecule has 2 aliphatic rings. The lowest BCUT2D eigenvalue weighted by atomic mass is 9.81. The Balaban J connectivity index is 1.97. The molecule has 0 bridgehead atoms. The van der Waals surface area contributed by atoms with Gasteiger partial charge in [0.05, 0.1) is 20.1 Å². The predicted octanol–water partition coefficient (Wildman–Crippen LogP) is 2.64. The average Bonchev–Trinajstić information content (AvgIpc) is 3.06. The van der Waals surface area contributed by atoms with Crippen LogP contribution in [0.1, 0.15) is 30.7 Å². The number of ether oxygens (including phenoxy) is 4. The van der Waals surface area contributed by atoms with Gasteiger partial charge in [0.25, 0.3) is 0 Å². The van der Waals surface area contributed by atoms with Crippen molar-refractivity contribution in [1.29, 1.82) is 0 Å². The van der Waals surface area contributed by atoms with Gasteiger partial charge in [0.1, 0.15) is 0 Å². The van der Waals surface area contributed by atoms with Crippen LogP contribution >= 0.6 is 0 Å². The predicted molar refractivity (Wildman–Crippen MR) is 88.2 cm³/mol. The zero-order chi connectivity index (χ0) is 16.4. The zero-order valence-corrected chi connectivity index (χ0v) is 14.5. The molecule has 128 valence electrons. The van der Waals surface area contributed by atoms with Crippen LogP contribution < -0.4 is 9.47 Å². The third-order valence-electron chi connectivity index (χ3n) is 5.47. The molecular formula is C18H27NO4. The molecule has 0 radical (unpaired) electrons. The van der Waals surface area contributed by atoms with Gasteiger partial charge in [-0.25, -0.2) is 0 Å². The minimum atomic E-state index is -0.578. The van der Waals surface area contributed by atoms with E-state index in [0.717, 1.165) is 36.6 Å². The second-order valence-electron chi connectivity index (χ2n) is 6.38. The second-order valence-corrected chi connectivity index (χ2v) is 6.38. The van der Waals surface area contributed by atoms with Gasteiger partial charge in [-0.1, -0.05) is 6.07 Å². The molecule has 2 saturated heterocycles. The van der Waals surface area contributed by atoms with E-state index in [9.17, 15) is 0 Å². The van der Waals surface area contributed by atoms with Gasteiger partial charge in [0.15, 0.2) is 17.3 Å². The number of nitrogens with zero attached hydrogens (tertiary/aromatic N) is 1. The van der Waals surface area contributed by atoms with Gasteiger partial charge in [0.2, 0.25) is 0 Å². The van der Waals surface area contributed by atoms with Crippen molar-refractivity contribution >= 4 is 0 Å². The fourth-order valence-electron chi connectivity index (χ4n) is 4.17. The molecule has 2 fully saturated rings. The molecular weight excluding hydrogens is 294 g/mol. The Morgan fingerprint density at radius 3 is 2.43 bits per heavy atom. The highest BCUT2D eigenvalue weighted by Crippen LogP contribution is 2.45. The van der Waals surface area contributed by atoms with Crippen LogP contribution in [0.3, 0.4) is 0 Å². The maximum atomic E-state index is 5.91. The molecule has 2 heterocycles. The molecule has 3 rings (SSSR count). The fourth-order valence-corrected chi connectivity index (χ4v) is 4.17. The van der Waals surface area contributed by atoms with Crippen molar-refractivity contribution in [1.82, 2.24) is 4.90 Å². The molecule has 0 saturated carbocycles. The Bertz CT molecular complexity index is 544. The van der Waals surface area contributed by atoms with E-state index in [2.05, 4.69) is 11.0 Å². The van der Waals surface area contributed by atoms with Crippen molar-refractivity contribution in [3.8, 4) is 11.5 Å². The lowest BCUT2D eigenvalue weighted by molar-refractivity contribution is -0.248. The van der Waals surface area contributed by atoms with Crippen LogP contribution in [0, 0.1) is 0 Å². The summed E-state index contributed by atoms with van der Waals surface area (Å²) < 4.78 is 22.6. The van der Waals surface area contributed by atoms with Gasteiger partial charge in [-0.05, 0) is 37.1 Å². The monoisotopic (exact) mass is 321 g/mol. The maximum absolute atomic E-state index is 5.91. The molecule has 2 atom stereocenters. The van der Waals surface area contributed by atoms with Crippen molar-refractivity contribution in [2.75, 3.05) is 41.5 Å². The summed E-state index contributed by atoms with van der Waals surface area (Å²) in [7, 11) is 6.82. The van der Waals surface area contributed by atoms with Gasteiger partial charge < -0.3 is 18.9 Å². The first-order chi connectivity index (χ1) is 11.2. The van der Waals surface area contributed by atoms with Crippen LogP contribution in [0.15, 0.2) is 18.2 Å². The Hall–Kier alpha value is -1.30. The molecule has 5 nitrogen and oxygen atoms in total. The van der Waals surface area contributed by atoms with Gasteiger partial charge in [0, 0.05) is 33.2 Å². The van der Waals surface area contributed by atoms with E-state index in [1.165, 1.54) is 12.8 Å². The summed E-state index contributed by atoms with van der Waals surface area (Å²) in [5.74, 6) is 1.05. The van der Waals surface area contributed by atoms with Crippen molar-refractivity contribution in [3.05, 3.63) is 23.8 Å². The molecule has 2 unspecified atom stereocenters. The maximum Gasteiger partial charge on any atom is 0.177 e. The number of fused-ring (bicyclic) bond motifs is 1. The first-order valence-corrected chi connectivity index (χ1v) is 8.23. The number of benzene rings is 1. The Morgan fingerprint density at radius 1 is 1.04 bits per heavy atom. The van der Waals surface area contributed by atoms with Gasteiger partial charge in [-0.2, -0.15) is 0 Å². The lowest BCUT2D eigenvalue weighted by Crippen LogP contribution is -2.55. The molecule has 0 N–H and O–H groups in total. The molecule has 1 aromatic rings. The summed E-state index contributed by atoms with van der Waals surface area (Å²) >= 11 is 0. The van der Waals surface area contributed by atoms with E-state index in [4.69, 9.17) is 18.9 Å². The van der Waals surface area contributed by atoms with Crippen LogP contribution in [0.5, 0.6) is 11.5 Å². The van der Waals surface area contributed by atoms with Crippen LogP contribution in [-0.2, 0) is 9.47 Å². The standard InChI is InChI=1S/C18H27NO4/c1-20-16-8-7-13(10-17(16)21-2)15-12-19-9-5-6-14(19)11-18(15,22-3)23-4/h7-8,10,14-15H,5-6,9,11-12H2,1-4H3. The topological polar surface area (TPSA) is 40.2 Å². The van der Waals surface area contributed by atoms with Crippen LogP contribution in [0.25, 0.3) is 0 Å². The van der Waals surface area contributed by atoms with E-state index in [-0.39, 0.29) is 5.92 Å². The van der Waals surface area contributed by atoms with Crippen molar-refractivity contribution in [2.24, 2.45) is 0 Å². The van der Waals surface area contributed by atoms with Gasteiger partial charge >= 0.3 is 0 Å². The largest absolute Gasteiger partial charge is 0.493 e. The summed E-state index contributed by atoms with van der Waals surface area (Å²) in [6, 6.07) is 6.66. The highest BCUT2D eigenvalue weighted by atomic mass is 16.7. The highest BCUT2D eigenvalue weighted by Gasteiger charge is 2.49. The summed E-state index contributed by atoms with van der Waals surface area (Å²) in [4.78, 5) is 2.57. The molecule has 23 heavy (non-hydrogen) atoms. The van der Waals surface area contributed by atoms with Crippen LogP contribution in [-0.4, -0.2) is 58.3 Å². The zero-order valence-electron chi connectivity index (χ0n) is 14.5. The Kier molecular flexibility index (Phi) is 4.80. The van der Waals surface area contributed by atoms with E-state index in [1.54, 1.807) is 28.4 Å². The SMILES string of the molecule is COc1ccc(C2CN3CCCC3CC2(OC)OC)cc1OC. The number of piperidine rings is 1. The molecule has 0 aromatic heterocycles. The lowest BCUT2D eigenvalue weighted by Gasteiger charge is -2.48.